The van der Waals surface area contributed by atoms with Gasteiger partial charge in [0.25, 0.3) is 5.91 Å². The van der Waals surface area contributed by atoms with Crippen molar-refractivity contribution in [3.63, 3.8) is 0 Å². The van der Waals surface area contributed by atoms with E-state index in [1.165, 1.54) is 11.3 Å². The van der Waals surface area contributed by atoms with Gasteiger partial charge in [0.15, 0.2) is 5.13 Å². The van der Waals surface area contributed by atoms with E-state index in [2.05, 4.69) is 20.2 Å². The fourth-order valence-electron chi connectivity index (χ4n) is 3.54. The maximum atomic E-state index is 12.4. The van der Waals surface area contributed by atoms with Crippen LogP contribution in [0.25, 0.3) is 0 Å². The van der Waals surface area contributed by atoms with E-state index >= 15 is 0 Å². The van der Waals surface area contributed by atoms with Crippen LogP contribution in [0.5, 0.6) is 0 Å². The van der Waals surface area contributed by atoms with Crippen molar-refractivity contribution in [3.05, 3.63) is 74.5 Å². The maximum Gasteiger partial charge on any atom is 0.257 e. The van der Waals surface area contributed by atoms with Crippen molar-refractivity contribution in [1.29, 1.82) is 0 Å². The van der Waals surface area contributed by atoms with Crippen molar-refractivity contribution in [3.8, 4) is 0 Å². The first kappa shape index (κ1) is 20.3. The molecule has 1 saturated heterocycles. The highest BCUT2D eigenvalue weighted by molar-refractivity contribution is 7.14. The average molecular weight is 447 g/mol. The van der Waals surface area contributed by atoms with Crippen LogP contribution in [-0.4, -0.2) is 27.3 Å². The Bertz CT molecular complexity index is 1040. The fourth-order valence-corrected chi connectivity index (χ4v) is 4.73. The molecule has 1 aromatic carbocycles. The fraction of sp³-hybridized carbons (Fsp3) is 0.286. The van der Waals surface area contributed by atoms with Gasteiger partial charge in [-0.2, -0.15) is 0 Å². The number of hydrogen-bond donors (Lipinski definition) is 1. The summed E-state index contributed by atoms with van der Waals surface area (Å²) < 4.78 is 0. The second-order valence-corrected chi connectivity index (χ2v) is 8.73. The Morgan fingerprint density at radius 1 is 1.28 bits per heavy atom. The SMILES string of the molecule is Cc1ccc(CN2CCCC2c2csc(NC(=O)c3cccc(Cl)c3)n2)c(Cl)n1. The summed E-state index contributed by atoms with van der Waals surface area (Å²) in [5, 5.41) is 6.57. The highest BCUT2D eigenvalue weighted by Gasteiger charge is 2.28. The minimum Gasteiger partial charge on any atom is -0.298 e. The molecule has 1 aliphatic rings. The Morgan fingerprint density at radius 2 is 2.14 bits per heavy atom. The first-order chi connectivity index (χ1) is 14.0. The van der Waals surface area contributed by atoms with Gasteiger partial charge in [0.2, 0.25) is 0 Å². The molecule has 0 saturated carbocycles. The molecule has 0 bridgehead atoms. The Labute approximate surface area is 183 Å². The van der Waals surface area contributed by atoms with Crippen molar-refractivity contribution in [2.24, 2.45) is 0 Å². The Morgan fingerprint density at radius 3 is 2.93 bits per heavy atom. The molecule has 1 N–H and O–H groups in total. The molecule has 0 aliphatic carbocycles. The van der Waals surface area contributed by atoms with E-state index in [9.17, 15) is 4.79 Å². The summed E-state index contributed by atoms with van der Waals surface area (Å²) >= 11 is 13.7. The van der Waals surface area contributed by atoms with Crippen molar-refractivity contribution < 1.29 is 4.79 Å². The van der Waals surface area contributed by atoms with Gasteiger partial charge in [0.1, 0.15) is 5.15 Å². The number of aromatic nitrogens is 2. The van der Waals surface area contributed by atoms with Gasteiger partial charge in [0.05, 0.1) is 11.7 Å². The van der Waals surface area contributed by atoms with Crippen LogP contribution in [0.1, 0.15) is 46.2 Å². The molecule has 150 valence electrons. The molecule has 1 fully saturated rings. The number of pyridine rings is 1. The number of carbonyl (C=O) groups excluding carboxylic acids is 1. The summed E-state index contributed by atoms with van der Waals surface area (Å²) in [5.41, 5.74) is 3.42. The predicted molar refractivity (Wildman–Crippen MR) is 118 cm³/mol. The number of rotatable bonds is 5. The van der Waals surface area contributed by atoms with Gasteiger partial charge in [0, 0.05) is 33.8 Å². The molecule has 3 heterocycles. The van der Waals surface area contributed by atoms with E-state index in [0.29, 0.717) is 20.9 Å². The van der Waals surface area contributed by atoms with Crippen LogP contribution in [0.2, 0.25) is 10.2 Å². The van der Waals surface area contributed by atoms with Gasteiger partial charge < -0.3 is 0 Å². The molecule has 0 radical (unpaired) electrons. The number of aryl methyl sites for hydroxylation is 1. The molecule has 1 amide bonds. The van der Waals surface area contributed by atoms with Crippen LogP contribution in [-0.2, 0) is 6.54 Å². The lowest BCUT2D eigenvalue weighted by atomic mass is 10.1. The van der Waals surface area contributed by atoms with Gasteiger partial charge in [-0.25, -0.2) is 9.97 Å². The van der Waals surface area contributed by atoms with Gasteiger partial charge >= 0.3 is 0 Å². The predicted octanol–water partition coefficient (Wildman–Crippen LogP) is 5.74. The minimum atomic E-state index is -0.214. The van der Waals surface area contributed by atoms with E-state index in [1.807, 2.05) is 24.4 Å². The summed E-state index contributed by atoms with van der Waals surface area (Å²) in [7, 11) is 0. The van der Waals surface area contributed by atoms with Crippen LogP contribution in [0.4, 0.5) is 5.13 Å². The normalized spacial score (nSPS) is 16.9. The lowest BCUT2D eigenvalue weighted by Gasteiger charge is -2.23. The topological polar surface area (TPSA) is 58.1 Å². The van der Waals surface area contributed by atoms with Crippen molar-refractivity contribution in [2.75, 3.05) is 11.9 Å². The second-order valence-electron chi connectivity index (χ2n) is 7.07. The monoisotopic (exact) mass is 446 g/mol. The first-order valence-electron chi connectivity index (χ1n) is 9.38. The molecule has 5 nitrogen and oxygen atoms in total. The molecule has 1 unspecified atom stereocenters. The molecular formula is C21H20Cl2N4OS. The smallest absolute Gasteiger partial charge is 0.257 e. The number of nitrogens with zero attached hydrogens (tertiary/aromatic N) is 3. The summed E-state index contributed by atoms with van der Waals surface area (Å²) in [6, 6.07) is 11.1. The quantitative estimate of drug-likeness (QED) is 0.507. The van der Waals surface area contributed by atoms with Crippen LogP contribution in [0, 0.1) is 6.92 Å². The third-order valence-corrected chi connectivity index (χ3v) is 6.31. The van der Waals surface area contributed by atoms with E-state index in [1.54, 1.807) is 24.3 Å². The summed E-state index contributed by atoms with van der Waals surface area (Å²) in [5.74, 6) is -0.214. The Balaban J connectivity index is 1.46. The lowest BCUT2D eigenvalue weighted by molar-refractivity contribution is 0.102. The van der Waals surface area contributed by atoms with Crippen LogP contribution in [0.3, 0.4) is 0 Å². The van der Waals surface area contributed by atoms with Crippen molar-refractivity contribution in [1.82, 2.24) is 14.9 Å². The number of anilines is 1. The molecule has 2 aromatic heterocycles. The summed E-state index contributed by atoms with van der Waals surface area (Å²) in [6.45, 7) is 3.65. The Hall–Kier alpha value is -1.99. The third kappa shape index (κ3) is 4.78. The highest BCUT2D eigenvalue weighted by atomic mass is 35.5. The average Bonchev–Trinajstić information content (AvgIpc) is 3.33. The zero-order valence-corrected chi connectivity index (χ0v) is 18.2. The molecule has 8 heteroatoms. The number of carbonyl (C=O) groups is 1. The molecule has 4 rings (SSSR count). The standard InChI is InChI=1S/C21H20Cl2N4OS/c1-13-7-8-15(19(23)24-13)11-27-9-3-6-18(27)17-12-29-21(25-17)26-20(28)14-4-2-5-16(22)10-14/h2,4-5,7-8,10,12,18H,3,6,9,11H2,1H3,(H,25,26,28). The third-order valence-electron chi connectivity index (χ3n) is 4.97. The number of benzene rings is 1. The van der Waals surface area contributed by atoms with Crippen molar-refractivity contribution >= 4 is 45.6 Å². The summed E-state index contributed by atoms with van der Waals surface area (Å²) in [6.07, 6.45) is 2.13. The number of amides is 1. The number of thiazole rings is 1. The van der Waals surface area contributed by atoms with E-state index < -0.39 is 0 Å². The van der Waals surface area contributed by atoms with E-state index in [-0.39, 0.29) is 11.9 Å². The number of nitrogens with one attached hydrogen (secondary N) is 1. The number of hydrogen-bond acceptors (Lipinski definition) is 5. The minimum absolute atomic E-state index is 0.209. The van der Waals surface area contributed by atoms with E-state index in [4.69, 9.17) is 23.2 Å². The number of likely N-dealkylation sites (tertiary alicyclic amines) is 1. The molecular weight excluding hydrogens is 427 g/mol. The lowest BCUT2D eigenvalue weighted by Crippen LogP contribution is -2.23. The zero-order valence-electron chi connectivity index (χ0n) is 15.9. The molecule has 1 aliphatic heterocycles. The molecule has 29 heavy (non-hydrogen) atoms. The molecule has 1 atom stereocenters. The van der Waals surface area contributed by atoms with Gasteiger partial charge in [-0.05, 0) is 50.6 Å². The van der Waals surface area contributed by atoms with Crippen LogP contribution >= 0.6 is 34.5 Å². The molecule has 0 spiro atoms. The maximum absolute atomic E-state index is 12.4. The summed E-state index contributed by atoms with van der Waals surface area (Å²) in [4.78, 5) is 23.8. The second kappa shape index (κ2) is 8.79. The van der Waals surface area contributed by atoms with Gasteiger partial charge in [-0.15, -0.1) is 11.3 Å². The molecule has 3 aromatic rings. The number of halogens is 2. The van der Waals surface area contributed by atoms with Crippen LogP contribution in [0.15, 0.2) is 41.8 Å². The van der Waals surface area contributed by atoms with Gasteiger partial charge in [-0.3, -0.25) is 15.0 Å². The van der Waals surface area contributed by atoms with Crippen molar-refractivity contribution in [2.45, 2.75) is 32.4 Å². The van der Waals surface area contributed by atoms with Crippen LogP contribution < -0.4 is 5.32 Å². The largest absolute Gasteiger partial charge is 0.298 e. The van der Waals surface area contributed by atoms with Gasteiger partial charge in [-0.1, -0.05) is 35.3 Å². The first-order valence-corrected chi connectivity index (χ1v) is 11.0. The van der Waals surface area contributed by atoms with E-state index in [0.717, 1.165) is 42.9 Å². The highest BCUT2D eigenvalue weighted by Crippen LogP contribution is 2.35. The Kier molecular flexibility index (Phi) is 6.15. The zero-order chi connectivity index (χ0) is 20.4.